The van der Waals surface area contributed by atoms with Crippen molar-refractivity contribution in [2.24, 2.45) is 0 Å². The minimum absolute atomic E-state index is 0.0319. The molecule has 0 atom stereocenters. The van der Waals surface area contributed by atoms with Crippen molar-refractivity contribution in [3.8, 4) is 5.75 Å². The van der Waals surface area contributed by atoms with Crippen molar-refractivity contribution in [1.82, 2.24) is 0 Å². The largest absolute Gasteiger partial charge is 0.497 e. The highest BCUT2D eigenvalue weighted by molar-refractivity contribution is 6.16. The molecule has 0 N–H and O–H groups in total. The molecule has 20 heavy (non-hydrogen) atoms. The van der Waals surface area contributed by atoms with Crippen LogP contribution in [0.25, 0.3) is 10.8 Å². The fraction of sp³-hybridized carbons (Fsp3) is 0.0556. The van der Waals surface area contributed by atoms with Gasteiger partial charge in [0.2, 0.25) is 0 Å². The Morgan fingerprint density at radius 2 is 1.70 bits per heavy atom. The molecule has 0 aliphatic rings. The molecule has 0 aromatic heterocycles. The van der Waals surface area contributed by atoms with Gasteiger partial charge in [-0.15, -0.1) is 0 Å². The highest BCUT2D eigenvalue weighted by atomic mass is 16.5. The number of ether oxygens (including phenoxy) is 1. The summed E-state index contributed by atoms with van der Waals surface area (Å²) in [6, 6.07) is 20.9. The summed E-state index contributed by atoms with van der Waals surface area (Å²) in [5.41, 5.74) is 1.40. The van der Waals surface area contributed by atoms with Gasteiger partial charge >= 0.3 is 0 Å². The Kier molecular flexibility index (Phi) is 3.21. The van der Waals surface area contributed by atoms with Crippen molar-refractivity contribution in [2.45, 2.75) is 0 Å². The van der Waals surface area contributed by atoms with E-state index in [0.717, 1.165) is 16.5 Å². The third-order valence-electron chi connectivity index (χ3n) is 3.37. The van der Waals surface area contributed by atoms with Crippen LogP contribution < -0.4 is 4.74 Å². The molecule has 0 heterocycles. The monoisotopic (exact) mass is 262 g/mol. The van der Waals surface area contributed by atoms with Crippen LogP contribution in [0, 0.1) is 0 Å². The van der Waals surface area contributed by atoms with Gasteiger partial charge in [-0.05, 0) is 22.9 Å². The molecule has 3 aromatic carbocycles. The minimum Gasteiger partial charge on any atom is -0.497 e. The van der Waals surface area contributed by atoms with Gasteiger partial charge in [-0.1, -0.05) is 54.6 Å². The maximum absolute atomic E-state index is 12.6. The normalized spacial score (nSPS) is 10.4. The Morgan fingerprint density at radius 1 is 0.900 bits per heavy atom. The summed E-state index contributed by atoms with van der Waals surface area (Å²) >= 11 is 0. The van der Waals surface area contributed by atoms with Crippen LogP contribution in [-0.2, 0) is 0 Å². The number of methoxy groups -OCH3 is 1. The zero-order valence-electron chi connectivity index (χ0n) is 11.2. The number of carbonyl (C=O) groups is 1. The molecule has 0 aliphatic heterocycles. The van der Waals surface area contributed by atoms with Gasteiger partial charge in [0.05, 0.1) is 7.11 Å². The molecule has 0 saturated carbocycles. The zero-order valence-corrected chi connectivity index (χ0v) is 11.2. The molecule has 0 aliphatic carbocycles. The molecule has 2 heteroatoms. The van der Waals surface area contributed by atoms with Crippen molar-refractivity contribution in [3.63, 3.8) is 0 Å². The lowest BCUT2D eigenvalue weighted by Gasteiger charge is -2.08. The average molecular weight is 262 g/mol. The van der Waals surface area contributed by atoms with Crippen molar-refractivity contribution >= 4 is 16.6 Å². The van der Waals surface area contributed by atoms with Gasteiger partial charge in [0.15, 0.2) is 5.78 Å². The van der Waals surface area contributed by atoms with Crippen molar-refractivity contribution in [2.75, 3.05) is 7.11 Å². The molecule has 0 saturated heterocycles. The fourth-order valence-electron chi connectivity index (χ4n) is 2.32. The first-order valence-electron chi connectivity index (χ1n) is 6.46. The molecule has 98 valence electrons. The molecular formula is C18H14O2. The van der Waals surface area contributed by atoms with E-state index in [2.05, 4.69) is 0 Å². The Labute approximate surface area is 117 Å². The fourth-order valence-corrected chi connectivity index (χ4v) is 2.32. The van der Waals surface area contributed by atoms with E-state index in [9.17, 15) is 4.79 Å². The van der Waals surface area contributed by atoms with Gasteiger partial charge in [-0.3, -0.25) is 4.79 Å². The molecule has 0 unspecified atom stereocenters. The first-order valence-corrected chi connectivity index (χ1v) is 6.46. The number of hydrogen-bond acceptors (Lipinski definition) is 2. The van der Waals surface area contributed by atoms with Crippen LogP contribution in [0.4, 0.5) is 0 Å². The molecule has 2 nitrogen and oxygen atoms in total. The summed E-state index contributed by atoms with van der Waals surface area (Å²) < 4.78 is 5.25. The molecule has 0 fully saturated rings. The van der Waals surface area contributed by atoms with E-state index >= 15 is 0 Å². The Balaban J connectivity index is 2.18. The maximum atomic E-state index is 12.6. The number of benzene rings is 3. The van der Waals surface area contributed by atoms with Gasteiger partial charge in [0, 0.05) is 11.1 Å². The number of rotatable bonds is 3. The smallest absolute Gasteiger partial charge is 0.193 e. The molecular weight excluding hydrogens is 248 g/mol. The Hall–Kier alpha value is -2.61. The first kappa shape index (κ1) is 12.4. The van der Waals surface area contributed by atoms with E-state index in [1.807, 2.05) is 66.7 Å². The second kappa shape index (κ2) is 5.17. The van der Waals surface area contributed by atoms with E-state index in [4.69, 9.17) is 4.74 Å². The highest BCUT2D eigenvalue weighted by Gasteiger charge is 2.12. The number of fused-ring (bicyclic) bond motifs is 1. The summed E-state index contributed by atoms with van der Waals surface area (Å²) in [7, 11) is 1.63. The lowest BCUT2D eigenvalue weighted by Crippen LogP contribution is -2.01. The van der Waals surface area contributed by atoms with Gasteiger partial charge in [0.25, 0.3) is 0 Å². The first-order chi connectivity index (χ1) is 9.79. The molecule has 0 bridgehead atoms. The topological polar surface area (TPSA) is 26.3 Å². The Morgan fingerprint density at radius 3 is 2.45 bits per heavy atom. The van der Waals surface area contributed by atoms with Crippen molar-refractivity contribution < 1.29 is 9.53 Å². The SMILES string of the molecule is COc1ccc2cccc(C(=O)c3ccccc3)c2c1. The van der Waals surface area contributed by atoms with Gasteiger partial charge in [-0.25, -0.2) is 0 Å². The summed E-state index contributed by atoms with van der Waals surface area (Å²) in [6.45, 7) is 0. The second-order valence-corrected chi connectivity index (χ2v) is 4.59. The molecule has 0 spiro atoms. The lowest BCUT2D eigenvalue weighted by atomic mass is 9.97. The summed E-state index contributed by atoms with van der Waals surface area (Å²) in [5, 5.41) is 1.95. The second-order valence-electron chi connectivity index (χ2n) is 4.59. The van der Waals surface area contributed by atoms with E-state index in [1.54, 1.807) is 7.11 Å². The van der Waals surface area contributed by atoms with Crippen LogP contribution in [-0.4, -0.2) is 12.9 Å². The number of ketones is 1. The van der Waals surface area contributed by atoms with Gasteiger partial charge in [0.1, 0.15) is 5.75 Å². The third kappa shape index (κ3) is 2.16. The third-order valence-corrected chi connectivity index (χ3v) is 3.37. The van der Waals surface area contributed by atoms with Crippen molar-refractivity contribution in [1.29, 1.82) is 0 Å². The maximum Gasteiger partial charge on any atom is 0.193 e. The average Bonchev–Trinajstić information content (AvgIpc) is 2.54. The molecule has 3 rings (SSSR count). The minimum atomic E-state index is 0.0319. The van der Waals surface area contributed by atoms with Crippen LogP contribution in [0.3, 0.4) is 0 Å². The number of hydrogen-bond donors (Lipinski definition) is 0. The van der Waals surface area contributed by atoms with E-state index in [-0.39, 0.29) is 5.78 Å². The Bertz CT molecular complexity index is 761. The van der Waals surface area contributed by atoms with Gasteiger partial charge < -0.3 is 4.74 Å². The van der Waals surface area contributed by atoms with Crippen LogP contribution in [0.15, 0.2) is 66.7 Å². The standard InChI is InChI=1S/C18H14O2/c1-20-15-11-10-13-8-5-9-16(17(13)12-15)18(19)14-6-3-2-4-7-14/h2-12H,1H3. The quantitative estimate of drug-likeness (QED) is 0.665. The highest BCUT2D eigenvalue weighted by Crippen LogP contribution is 2.25. The van der Waals surface area contributed by atoms with Gasteiger partial charge in [-0.2, -0.15) is 0 Å². The molecule has 0 radical (unpaired) electrons. The summed E-state index contributed by atoms with van der Waals surface area (Å²) in [6.07, 6.45) is 0. The van der Waals surface area contributed by atoms with Crippen LogP contribution in [0.2, 0.25) is 0 Å². The lowest BCUT2D eigenvalue weighted by molar-refractivity contribution is 0.104. The van der Waals surface area contributed by atoms with Crippen LogP contribution in [0.5, 0.6) is 5.75 Å². The van der Waals surface area contributed by atoms with E-state index in [1.165, 1.54) is 0 Å². The number of carbonyl (C=O) groups excluding carboxylic acids is 1. The van der Waals surface area contributed by atoms with Crippen molar-refractivity contribution in [3.05, 3.63) is 77.9 Å². The molecule has 3 aromatic rings. The summed E-state index contributed by atoms with van der Waals surface area (Å²) in [4.78, 5) is 12.6. The summed E-state index contributed by atoms with van der Waals surface area (Å²) in [5.74, 6) is 0.787. The van der Waals surface area contributed by atoms with E-state index in [0.29, 0.717) is 11.1 Å². The molecule has 0 amide bonds. The van der Waals surface area contributed by atoms with E-state index < -0.39 is 0 Å². The predicted octanol–water partition coefficient (Wildman–Crippen LogP) is 4.08. The zero-order chi connectivity index (χ0) is 13.9. The van der Waals surface area contributed by atoms with Crippen LogP contribution in [0.1, 0.15) is 15.9 Å². The van der Waals surface area contributed by atoms with Crippen LogP contribution >= 0.6 is 0 Å². The predicted molar refractivity (Wildman–Crippen MR) is 80.4 cm³/mol.